The van der Waals surface area contributed by atoms with E-state index in [0.29, 0.717) is 0 Å². The zero-order valence-corrected chi connectivity index (χ0v) is 14.5. The van der Waals surface area contributed by atoms with Crippen molar-refractivity contribution in [1.29, 1.82) is 0 Å². The highest BCUT2D eigenvalue weighted by molar-refractivity contribution is 7.98. The van der Waals surface area contributed by atoms with E-state index in [1.165, 1.54) is 19.9 Å². The minimum atomic E-state index is 0.893. The Morgan fingerprint density at radius 1 is 1.00 bits per heavy atom. The van der Waals surface area contributed by atoms with Crippen LogP contribution in [0.3, 0.4) is 0 Å². The van der Waals surface area contributed by atoms with Gasteiger partial charge in [0.15, 0.2) is 10.3 Å². The lowest BCUT2D eigenvalue weighted by Gasteiger charge is -1.94. The number of aromatic nitrogens is 2. The maximum Gasteiger partial charge on any atom is 0.190 e. The number of hydrogen-bond donors (Lipinski definition) is 1. The van der Waals surface area contributed by atoms with Crippen LogP contribution in [-0.4, -0.2) is 16.2 Å². The second-order valence-corrected chi connectivity index (χ2v) is 7.86. The predicted molar refractivity (Wildman–Crippen MR) is 99.0 cm³/mol. The second kappa shape index (κ2) is 5.53. The van der Waals surface area contributed by atoms with Crippen LogP contribution in [0.1, 0.15) is 5.56 Å². The van der Waals surface area contributed by atoms with Gasteiger partial charge in [0.1, 0.15) is 0 Å². The van der Waals surface area contributed by atoms with E-state index in [-0.39, 0.29) is 0 Å². The molecule has 2 aromatic heterocycles. The molecule has 0 saturated heterocycles. The number of hydrogen-bond acceptors (Lipinski definition) is 6. The molecule has 2 heterocycles. The fourth-order valence-corrected chi connectivity index (χ4v) is 4.74. The summed E-state index contributed by atoms with van der Waals surface area (Å²) in [7, 11) is 0. The van der Waals surface area contributed by atoms with Crippen LogP contribution in [0.4, 0.5) is 10.3 Å². The molecule has 4 rings (SSSR count). The molecule has 22 heavy (non-hydrogen) atoms. The molecule has 6 heteroatoms. The molecule has 0 unspecified atom stereocenters. The Labute approximate surface area is 140 Å². The molecule has 1 N–H and O–H groups in total. The fourth-order valence-electron chi connectivity index (χ4n) is 2.32. The molecule has 0 spiro atoms. The third kappa shape index (κ3) is 2.47. The lowest BCUT2D eigenvalue weighted by molar-refractivity contribution is 1.38. The van der Waals surface area contributed by atoms with Crippen LogP contribution in [0, 0.1) is 6.92 Å². The van der Waals surface area contributed by atoms with Gasteiger partial charge in [0.2, 0.25) is 0 Å². The van der Waals surface area contributed by atoms with Gasteiger partial charge in [0.25, 0.3) is 0 Å². The van der Waals surface area contributed by atoms with Gasteiger partial charge in [-0.3, -0.25) is 0 Å². The molecule has 0 saturated carbocycles. The average Bonchev–Trinajstić information content (AvgIpc) is 3.10. The standard InChI is InChI=1S/C16H13N3S3/c1-9-4-3-5-12-14(9)18-16(21-12)19-15-17-11-7-6-10(20-2)8-13(11)22-15/h3-8H,1-2H3,(H,17,18,19). The molecule has 0 atom stereocenters. The fraction of sp³-hybridized carbons (Fsp3) is 0.125. The van der Waals surface area contributed by atoms with Gasteiger partial charge < -0.3 is 5.32 Å². The van der Waals surface area contributed by atoms with Crippen molar-refractivity contribution in [3.8, 4) is 0 Å². The zero-order valence-electron chi connectivity index (χ0n) is 12.1. The van der Waals surface area contributed by atoms with E-state index in [4.69, 9.17) is 0 Å². The van der Waals surface area contributed by atoms with E-state index in [1.807, 2.05) is 0 Å². The zero-order chi connectivity index (χ0) is 15.1. The first-order chi connectivity index (χ1) is 10.7. The number of thiazole rings is 2. The van der Waals surface area contributed by atoms with Crippen LogP contribution in [0.15, 0.2) is 41.3 Å². The topological polar surface area (TPSA) is 37.8 Å². The minimum absolute atomic E-state index is 0.893. The van der Waals surface area contributed by atoms with Crippen LogP contribution in [0.25, 0.3) is 20.4 Å². The van der Waals surface area contributed by atoms with E-state index in [9.17, 15) is 0 Å². The number of aryl methyl sites for hydroxylation is 1. The smallest absolute Gasteiger partial charge is 0.190 e. The first-order valence-corrected chi connectivity index (χ1v) is 9.66. The maximum absolute atomic E-state index is 4.68. The summed E-state index contributed by atoms with van der Waals surface area (Å²) in [6.45, 7) is 2.09. The van der Waals surface area contributed by atoms with E-state index in [2.05, 4.69) is 64.9 Å². The van der Waals surface area contributed by atoms with Gasteiger partial charge in [-0.2, -0.15) is 0 Å². The predicted octanol–water partition coefficient (Wildman–Crippen LogP) is 5.68. The summed E-state index contributed by atoms with van der Waals surface area (Å²) in [6, 6.07) is 12.6. The van der Waals surface area contributed by atoms with Gasteiger partial charge in [0, 0.05) is 4.90 Å². The molecule has 0 fully saturated rings. The van der Waals surface area contributed by atoms with E-state index < -0.39 is 0 Å². The van der Waals surface area contributed by atoms with Crippen molar-refractivity contribution in [3.05, 3.63) is 42.0 Å². The number of thioether (sulfide) groups is 1. The van der Waals surface area contributed by atoms with Crippen molar-refractivity contribution in [2.45, 2.75) is 11.8 Å². The van der Waals surface area contributed by atoms with Crippen molar-refractivity contribution >= 4 is 65.1 Å². The average molecular weight is 344 g/mol. The summed E-state index contributed by atoms with van der Waals surface area (Å²) in [4.78, 5) is 10.6. The third-order valence-electron chi connectivity index (χ3n) is 3.43. The number of benzene rings is 2. The van der Waals surface area contributed by atoms with Gasteiger partial charge in [-0.15, -0.1) is 11.8 Å². The molecular formula is C16H13N3S3. The van der Waals surface area contributed by atoms with Gasteiger partial charge in [-0.1, -0.05) is 34.8 Å². The van der Waals surface area contributed by atoms with Crippen molar-refractivity contribution in [2.75, 3.05) is 11.6 Å². The Bertz CT molecular complexity index is 971. The molecule has 2 aromatic carbocycles. The Kier molecular flexibility index (Phi) is 3.52. The summed E-state index contributed by atoms with van der Waals surface area (Å²) < 4.78 is 2.40. The SMILES string of the molecule is CSc1ccc2nc(Nc3nc4c(C)cccc4s3)sc2c1. The molecule has 4 aromatic rings. The second-order valence-electron chi connectivity index (χ2n) is 4.92. The van der Waals surface area contributed by atoms with Crippen molar-refractivity contribution in [1.82, 2.24) is 9.97 Å². The normalized spacial score (nSPS) is 11.4. The summed E-state index contributed by atoms with van der Waals surface area (Å²) in [5.41, 5.74) is 3.30. The lowest BCUT2D eigenvalue weighted by atomic mass is 10.2. The van der Waals surface area contributed by atoms with Gasteiger partial charge in [-0.05, 0) is 43.0 Å². The molecule has 0 amide bonds. The summed E-state index contributed by atoms with van der Waals surface area (Å²) >= 11 is 5.08. The summed E-state index contributed by atoms with van der Waals surface area (Å²) in [5.74, 6) is 0. The molecule has 0 radical (unpaired) electrons. The highest BCUT2D eigenvalue weighted by atomic mass is 32.2. The van der Waals surface area contributed by atoms with Crippen LogP contribution in [0.2, 0.25) is 0 Å². The van der Waals surface area contributed by atoms with Crippen LogP contribution < -0.4 is 5.32 Å². The quantitative estimate of drug-likeness (QED) is 0.486. The van der Waals surface area contributed by atoms with Crippen molar-refractivity contribution in [3.63, 3.8) is 0 Å². The largest absolute Gasteiger partial charge is 0.307 e. The molecular weight excluding hydrogens is 330 g/mol. The molecule has 0 bridgehead atoms. The Balaban J connectivity index is 1.70. The minimum Gasteiger partial charge on any atom is -0.307 e. The Morgan fingerprint density at radius 2 is 1.82 bits per heavy atom. The monoisotopic (exact) mass is 343 g/mol. The van der Waals surface area contributed by atoms with Crippen LogP contribution in [-0.2, 0) is 0 Å². The van der Waals surface area contributed by atoms with Crippen molar-refractivity contribution < 1.29 is 0 Å². The van der Waals surface area contributed by atoms with E-state index in [1.54, 1.807) is 34.4 Å². The molecule has 0 aliphatic rings. The lowest BCUT2D eigenvalue weighted by Crippen LogP contribution is -1.87. The number of fused-ring (bicyclic) bond motifs is 2. The van der Waals surface area contributed by atoms with Crippen molar-refractivity contribution in [2.24, 2.45) is 0 Å². The van der Waals surface area contributed by atoms with Crippen LogP contribution in [0.5, 0.6) is 0 Å². The number of nitrogens with zero attached hydrogens (tertiary/aromatic N) is 2. The van der Waals surface area contributed by atoms with E-state index in [0.717, 1.165) is 21.3 Å². The molecule has 110 valence electrons. The molecule has 3 nitrogen and oxygen atoms in total. The number of nitrogens with one attached hydrogen (secondary N) is 1. The third-order valence-corrected chi connectivity index (χ3v) is 6.03. The Hall–Kier alpha value is -1.63. The van der Waals surface area contributed by atoms with Gasteiger partial charge in [0.05, 0.1) is 20.4 Å². The number of anilines is 2. The summed E-state index contributed by atoms with van der Waals surface area (Å²) in [6.07, 6.45) is 2.09. The Morgan fingerprint density at radius 3 is 2.64 bits per heavy atom. The van der Waals surface area contributed by atoms with Crippen LogP contribution >= 0.6 is 34.4 Å². The molecule has 0 aliphatic carbocycles. The highest BCUT2D eigenvalue weighted by Gasteiger charge is 2.09. The highest BCUT2D eigenvalue weighted by Crippen LogP contribution is 2.34. The first kappa shape index (κ1) is 14.0. The first-order valence-electron chi connectivity index (χ1n) is 6.81. The number of rotatable bonds is 3. The van der Waals surface area contributed by atoms with Gasteiger partial charge in [-0.25, -0.2) is 9.97 Å². The summed E-state index contributed by atoms with van der Waals surface area (Å²) in [5, 5.41) is 5.15. The molecule has 0 aliphatic heterocycles. The maximum atomic E-state index is 4.68. The van der Waals surface area contributed by atoms with Gasteiger partial charge >= 0.3 is 0 Å². The number of para-hydroxylation sites is 1. The van der Waals surface area contributed by atoms with E-state index >= 15 is 0 Å².